The lowest BCUT2D eigenvalue weighted by atomic mass is 10.1. The Morgan fingerprint density at radius 2 is 2.08 bits per heavy atom. The van der Waals surface area contributed by atoms with Gasteiger partial charge in [0.05, 0.1) is 0 Å². The van der Waals surface area contributed by atoms with Gasteiger partial charge in [-0.3, -0.25) is 0 Å². The second-order valence-electron chi connectivity index (χ2n) is 2.84. The van der Waals surface area contributed by atoms with Crippen LogP contribution in [0.3, 0.4) is 0 Å². The quantitative estimate of drug-likeness (QED) is 0.853. The maximum absolute atomic E-state index is 10.8. The summed E-state index contributed by atoms with van der Waals surface area (Å²) in [6, 6.07) is 3.49. The Morgan fingerprint density at radius 3 is 2.54 bits per heavy atom. The molecule has 0 saturated heterocycles. The number of hydrogen-bond acceptors (Lipinski definition) is 2. The summed E-state index contributed by atoms with van der Waals surface area (Å²) < 4.78 is 4.98. The van der Waals surface area contributed by atoms with E-state index in [-0.39, 0.29) is 5.56 Å². The van der Waals surface area contributed by atoms with Crippen LogP contribution in [0.15, 0.2) is 12.1 Å². The number of carboxylic acids is 1. The molecule has 0 amide bonds. The van der Waals surface area contributed by atoms with E-state index in [4.69, 9.17) is 8.17 Å². The van der Waals surface area contributed by atoms with Crippen LogP contribution in [0.1, 0.15) is 21.5 Å². The first kappa shape index (κ1) is 10.3. The van der Waals surface area contributed by atoms with Gasteiger partial charge < -0.3 is 8.17 Å². The summed E-state index contributed by atoms with van der Waals surface area (Å²) >= 11 is 1.69. The maximum Gasteiger partial charge on any atom is 0.339 e. The highest BCUT2D eigenvalue weighted by molar-refractivity contribution is 14.1. The summed E-state index contributed by atoms with van der Waals surface area (Å²) in [4.78, 5) is 10.8. The Balaban J connectivity index is 3.38. The van der Waals surface area contributed by atoms with Gasteiger partial charge in [-0.1, -0.05) is 6.07 Å². The van der Waals surface area contributed by atoms with Crippen LogP contribution in [-0.2, 0) is 0 Å². The first-order valence-corrected chi connectivity index (χ1v) is 4.57. The zero-order chi connectivity index (χ0) is 10.0. The van der Waals surface area contributed by atoms with Crippen molar-refractivity contribution in [3.8, 4) is 5.75 Å². The molecule has 0 aliphatic heterocycles. The fraction of sp³-hybridized carbons (Fsp3) is 0.222. The standard InChI is InChI=1S/C9H9IO3/c1-5-3-6(2)8(13-10)7(4-5)9(11)12/h3-4H,1-2H3,(H,11,12). The highest BCUT2D eigenvalue weighted by Crippen LogP contribution is 2.26. The van der Waals surface area contributed by atoms with Gasteiger partial charge in [-0.2, -0.15) is 0 Å². The molecule has 4 heteroatoms. The Labute approximate surface area is 90.4 Å². The predicted octanol–water partition coefficient (Wildman–Crippen LogP) is 2.73. The van der Waals surface area contributed by atoms with Gasteiger partial charge in [0.25, 0.3) is 0 Å². The third-order valence-corrected chi connectivity index (χ3v) is 2.17. The number of halogens is 1. The number of benzene rings is 1. The first-order valence-electron chi connectivity index (χ1n) is 3.69. The van der Waals surface area contributed by atoms with Gasteiger partial charge >= 0.3 is 5.97 Å². The van der Waals surface area contributed by atoms with Gasteiger partial charge in [-0.05, 0) is 31.0 Å². The van der Waals surface area contributed by atoms with Crippen molar-refractivity contribution >= 4 is 29.0 Å². The summed E-state index contributed by atoms with van der Waals surface area (Å²) in [6.45, 7) is 3.68. The van der Waals surface area contributed by atoms with Crippen molar-refractivity contribution in [3.63, 3.8) is 0 Å². The summed E-state index contributed by atoms with van der Waals surface area (Å²) in [7, 11) is 0. The molecule has 0 unspecified atom stereocenters. The molecule has 0 radical (unpaired) electrons. The fourth-order valence-corrected chi connectivity index (χ4v) is 1.80. The second kappa shape index (κ2) is 3.95. The van der Waals surface area contributed by atoms with Gasteiger partial charge in [0.1, 0.15) is 5.56 Å². The maximum atomic E-state index is 10.8. The molecular weight excluding hydrogens is 283 g/mol. The molecule has 0 atom stereocenters. The molecule has 13 heavy (non-hydrogen) atoms. The van der Waals surface area contributed by atoms with E-state index in [0.717, 1.165) is 11.1 Å². The van der Waals surface area contributed by atoms with Crippen LogP contribution in [-0.4, -0.2) is 11.1 Å². The van der Waals surface area contributed by atoms with Gasteiger partial charge in [-0.15, -0.1) is 0 Å². The molecule has 0 spiro atoms. The summed E-state index contributed by atoms with van der Waals surface area (Å²) in [5.74, 6) is -0.530. The van der Waals surface area contributed by atoms with Gasteiger partial charge in [0.15, 0.2) is 28.8 Å². The minimum absolute atomic E-state index is 0.215. The highest BCUT2D eigenvalue weighted by atomic mass is 127. The lowest BCUT2D eigenvalue weighted by Crippen LogP contribution is -2.00. The molecule has 1 rings (SSSR count). The number of aromatic carboxylic acids is 1. The molecule has 1 N–H and O–H groups in total. The monoisotopic (exact) mass is 292 g/mol. The molecule has 0 aliphatic carbocycles. The van der Waals surface area contributed by atoms with Crippen molar-refractivity contribution < 1.29 is 13.0 Å². The SMILES string of the molecule is Cc1cc(C)c(OI)c(C(=O)O)c1. The number of carbonyl (C=O) groups is 1. The van der Waals surface area contributed by atoms with E-state index in [1.165, 1.54) is 0 Å². The molecule has 0 heterocycles. The molecular formula is C9H9IO3. The molecule has 0 aromatic heterocycles. The predicted molar refractivity (Wildman–Crippen MR) is 57.5 cm³/mol. The number of rotatable bonds is 2. The van der Waals surface area contributed by atoms with Gasteiger partial charge in [0.2, 0.25) is 0 Å². The van der Waals surface area contributed by atoms with Crippen molar-refractivity contribution in [3.05, 3.63) is 28.8 Å². The third kappa shape index (κ3) is 2.12. The summed E-state index contributed by atoms with van der Waals surface area (Å²) in [5.41, 5.74) is 1.98. The van der Waals surface area contributed by atoms with E-state index in [1.54, 1.807) is 29.1 Å². The normalized spacial score (nSPS) is 9.77. The Kier molecular flexibility index (Phi) is 3.13. The van der Waals surface area contributed by atoms with Crippen molar-refractivity contribution in [1.82, 2.24) is 0 Å². The van der Waals surface area contributed by atoms with Gasteiger partial charge in [0, 0.05) is 0 Å². The zero-order valence-electron chi connectivity index (χ0n) is 7.30. The van der Waals surface area contributed by atoms with Crippen LogP contribution < -0.4 is 3.07 Å². The van der Waals surface area contributed by atoms with E-state index < -0.39 is 5.97 Å². The Hall–Kier alpha value is -0.780. The van der Waals surface area contributed by atoms with E-state index in [0.29, 0.717) is 5.75 Å². The molecule has 0 aliphatic rings. The van der Waals surface area contributed by atoms with E-state index in [1.807, 2.05) is 19.9 Å². The number of aryl methyl sites for hydroxylation is 2. The van der Waals surface area contributed by atoms with E-state index >= 15 is 0 Å². The average molecular weight is 292 g/mol. The molecule has 1 aromatic rings. The molecule has 1 aromatic carbocycles. The molecule has 0 fully saturated rings. The Bertz CT molecular complexity index is 347. The lowest BCUT2D eigenvalue weighted by molar-refractivity contribution is 0.0695. The van der Waals surface area contributed by atoms with Crippen LogP contribution in [0.2, 0.25) is 0 Å². The van der Waals surface area contributed by atoms with Crippen molar-refractivity contribution in [2.24, 2.45) is 0 Å². The zero-order valence-corrected chi connectivity index (χ0v) is 9.45. The van der Waals surface area contributed by atoms with Crippen LogP contribution in [0.25, 0.3) is 0 Å². The van der Waals surface area contributed by atoms with Crippen LogP contribution in [0.5, 0.6) is 5.75 Å². The minimum Gasteiger partial charge on any atom is -0.478 e. The van der Waals surface area contributed by atoms with E-state index in [9.17, 15) is 4.79 Å². The first-order chi connectivity index (χ1) is 6.06. The summed E-state index contributed by atoms with van der Waals surface area (Å²) in [6.07, 6.45) is 0. The lowest BCUT2D eigenvalue weighted by Gasteiger charge is -2.07. The fourth-order valence-electron chi connectivity index (χ4n) is 1.22. The van der Waals surface area contributed by atoms with Crippen LogP contribution in [0, 0.1) is 13.8 Å². The topological polar surface area (TPSA) is 46.5 Å². The highest BCUT2D eigenvalue weighted by Gasteiger charge is 2.13. The molecule has 0 bridgehead atoms. The molecule has 3 nitrogen and oxygen atoms in total. The van der Waals surface area contributed by atoms with Crippen LogP contribution >= 0.6 is 23.0 Å². The third-order valence-electron chi connectivity index (χ3n) is 1.73. The molecule has 0 saturated carbocycles. The number of carboxylic acid groups (broad SMARTS) is 1. The van der Waals surface area contributed by atoms with Crippen molar-refractivity contribution in [2.75, 3.05) is 0 Å². The number of hydrogen-bond donors (Lipinski definition) is 1. The summed E-state index contributed by atoms with van der Waals surface area (Å²) in [5, 5.41) is 8.86. The largest absolute Gasteiger partial charge is 0.478 e. The van der Waals surface area contributed by atoms with E-state index in [2.05, 4.69) is 0 Å². The van der Waals surface area contributed by atoms with Crippen molar-refractivity contribution in [1.29, 1.82) is 0 Å². The Morgan fingerprint density at radius 1 is 1.46 bits per heavy atom. The minimum atomic E-state index is -0.960. The average Bonchev–Trinajstić information content (AvgIpc) is 2.02. The second-order valence-corrected chi connectivity index (χ2v) is 3.28. The van der Waals surface area contributed by atoms with Crippen LogP contribution in [0.4, 0.5) is 0 Å². The van der Waals surface area contributed by atoms with Crippen molar-refractivity contribution in [2.45, 2.75) is 13.8 Å². The smallest absolute Gasteiger partial charge is 0.339 e. The van der Waals surface area contributed by atoms with Gasteiger partial charge in [-0.25, -0.2) is 4.79 Å². The molecule has 70 valence electrons.